The molecule has 0 fully saturated rings. The summed E-state index contributed by atoms with van der Waals surface area (Å²) in [5, 5.41) is 2.54. The van der Waals surface area contributed by atoms with Gasteiger partial charge < -0.3 is 19.5 Å². The third-order valence-electron chi connectivity index (χ3n) is 2.55. The molecular formula is C14H27NO5. The first-order valence-corrected chi connectivity index (χ1v) is 7.10. The third kappa shape index (κ3) is 9.61. The molecule has 1 N–H and O–H groups in total. The lowest BCUT2D eigenvalue weighted by molar-refractivity contribution is -0.146. The first-order valence-electron chi connectivity index (χ1n) is 7.10. The lowest BCUT2D eigenvalue weighted by atomic mass is 10.0. The third-order valence-corrected chi connectivity index (χ3v) is 2.55. The second kappa shape index (κ2) is 11.5. The summed E-state index contributed by atoms with van der Waals surface area (Å²) in [5.74, 6) is -0.145. The van der Waals surface area contributed by atoms with E-state index in [0.717, 1.165) is 12.8 Å². The summed E-state index contributed by atoms with van der Waals surface area (Å²) in [6.45, 7) is 6.83. The van der Waals surface area contributed by atoms with Crippen LogP contribution in [0, 0.1) is 5.92 Å². The molecule has 1 amide bonds. The van der Waals surface area contributed by atoms with Gasteiger partial charge in [0.25, 0.3) is 0 Å². The van der Waals surface area contributed by atoms with Crippen LogP contribution < -0.4 is 5.32 Å². The number of amides is 1. The smallest absolute Gasteiger partial charge is 0.407 e. The van der Waals surface area contributed by atoms with Gasteiger partial charge in [-0.15, -0.1) is 0 Å². The van der Waals surface area contributed by atoms with Crippen LogP contribution in [-0.2, 0) is 19.0 Å². The minimum atomic E-state index is -0.665. The number of rotatable bonds is 10. The Kier molecular flexibility index (Phi) is 10.8. The minimum absolute atomic E-state index is 0.154. The van der Waals surface area contributed by atoms with Gasteiger partial charge in [-0.2, -0.15) is 0 Å². The molecule has 0 heterocycles. The van der Waals surface area contributed by atoms with Gasteiger partial charge in [-0.25, -0.2) is 9.59 Å². The van der Waals surface area contributed by atoms with Gasteiger partial charge in [-0.3, -0.25) is 0 Å². The second-order valence-corrected chi connectivity index (χ2v) is 4.98. The van der Waals surface area contributed by atoms with Crippen LogP contribution in [0.25, 0.3) is 0 Å². The number of ether oxygens (including phenoxy) is 3. The first-order chi connectivity index (χ1) is 9.51. The SMILES string of the molecule is CCCCOC(=O)C(CC(C)C)NC(=O)OCCOC. The number of methoxy groups -OCH3 is 1. The van der Waals surface area contributed by atoms with Crippen molar-refractivity contribution in [3.63, 3.8) is 0 Å². The zero-order chi connectivity index (χ0) is 15.4. The van der Waals surface area contributed by atoms with Crippen molar-refractivity contribution in [3.8, 4) is 0 Å². The average molecular weight is 289 g/mol. The fraction of sp³-hybridized carbons (Fsp3) is 0.857. The van der Waals surface area contributed by atoms with Crippen molar-refractivity contribution in [2.45, 2.75) is 46.1 Å². The summed E-state index contributed by atoms with van der Waals surface area (Å²) in [6, 6.07) is -0.665. The van der Waals surface area contributed by atoms with E-state index in [1.807, 2.05) is 20.8 Å². The molecule has 0 aliphatic carbocycles. The highest BCUT2D eigenvalue weighted by molar-refractivity contribution is 5.81. The summed E-state index contributed by atoms with van der Waals surface area (Å²) in [4.78, 5) is 23.4. The Hall–Kier alpha value is -1.30. The second-order valence-electron chi connectivity index (χ2n) is 4.98. The largest absolute Gasteiger partial charge is 0.464 e. The zero-order valence-electron chi connectivity index (χ0n) is 12.9. The Morgan fingerprint density at radius 2 is 1.80 bits per heavy atom. The average Bonchev–Trinajstić information content (AvgIpc) is 2.38. The quantitative estimate of drug-likeness (QED) is 0.492. The zero-order valence-corrected chi connectivity index (χ0v) is 12.9. The highest BCUT2D eigenvalue weighted by Gasteiger charge is 2.23. The number of hydrogen-bond donors (Lipinski definition) is 1. The van der Waals surface area contributed by atoms with Gasteiger partial charge >= 0.3 is 12.1 Å². The first kappa shape index (κ1) is 18.7. The van der Waals surface area contributed by atoms with Crippen molar-refractivity contribution in [2.24, 2.45) is 5.92 Å². The highest BCUT2D eigenvalue weighted by Crippen LogP contribution is 2.07. The molecule has 0 aromatic heterocycles. The normalized spacial score (nSPS) is 12.1. The maximum Gasteiger partial charge on any atom is 0.407 e. The Balaban J connectivity index is 4.25. The topological polar surface area (TPSA) is 73.9 Å². The van der Waals surface area contributed by atoms with E-state index >= 15 is 0 Å². The maximum atomic E-state index is 11.9. The van der Waals surface area contributed by atoms with Gasteiger partial charge in [0, 0.05) is 7.11 Å². The Labute approximate surface area is 121 Å². The van der Waals surface area contributed by atoms with Crippen LogP contribution in [0.3, 0.4) is 0 Å². The lowest BCUT2D eigenvalue weighted by Gasteiger charge is -2.19. The van der Waals surface area contributed by atoms with Crippen LogP contribution in [0.1, 0.15) is 40.0 Å². The predicted octanol–water partition coefficient (Wildman–Crippen LogP) is 2.12. The summed E-state index contributed by atoms with van der Waals surface area (Å²) in [6.07, 6.45) is 1.66. The molecule has 0 aliphatic rings. The fourth-order valence-electron chi connectivity index (χ4n) is 1.50. The van der Waals surface area contributed by atoms with Crippen molar-refractivity contribution in [3.05, 3.63) is 0 Å². The van der Waals surface area contributed by atoms with Gasteiger partial charge in [-0.05, 0) is 18.8 Å². The number of carbonyl (C=O) groups is 2. The molecule has 1 unspecified atom stereocenters. The number of nitrogens with one attached hydrogen (secondary N) is 1. The van der Waals surface area contributed by atoms with Gasteiger partial charge in [0.2, 0.25) is 0 Å². The van der Waals surface area contributed by atoms with Crippen molar-refractivity contribution in [1.82, 2.24) is 5.32 Å². The van der Waals surface area contributed by atoms with E-state index in [4.69, 9.17) is 14.2 Å². The molecule has 0 bridgehead atoms. The molecule has 0 spiro atoms. The monoisotopic (exact) mass is 289 g/mol. The van der Waals surface area contributed by atoms with E-state index in [-0.39, 0.29) is 12.5 Å². The van der Waals surface area contributed by atoms with Gasteiger partial charge in [0.15, 0.2) is 0 Å². The molecule has 0 radical (unpaired) electrons. The van der Waals surface area contributed by atoms with E-state index in [9.17, 15) is 9.59 Å². The Morgan fingerprint density at radius 3 is 2.35 bits per heavy atom. The summed E-state index contributed by atoms with van der Waals surface area (Å²) >= 11 is 0. The fourth-order valence-corrected chi connectivity index (χ4v) is 1.50. The predicted molar refractivity (Wildman–Crippen MR) is 75.5 cm³/mol. The van der Waals surface area contributed by atoms with Crippen LogP contribution in [-0.4, -0.2) is 45.0 Å². The van der Waals surface area contributed by atoms with Crippen LogP contribution >= 0.6 is 0 Å². The molecule has 20 heavy (non-hydrogen) atoms. The summed E-state index contributed by atoms with van der Waals surface area (Å²) < 4.78 is 14.8. The van der Waals surface area contributed by atoms with Crippen molar-refractivity contribution >= 4 is 12.1 Å². The molecule has 0 aromatic rings. The Morgan fingerprint density at radius 1 is 1.10 bits per heavy atom. The number of esters is 1. The van der Waals surface area contributed by atoms with Gasteiger partial charge in [0.1, 0.15) is 12.6 Å². The number of alkyl carbamates (subject to hydrolysis) is 1. The number of unbranched alkanes of at least 4 members (excludes halogenated alkanes) is 1. The lowest BCUT2D eigenvalue weighted by Crippen LogP contribution is -2.43. The van der Waals surface area contributed by atoms with E-state index in [1.54, 1.807) is 0 Å². The molecule has 0 saturated carbocycles. The molecular weight excluding hydrogens is 262 g/mol. The van der Waals surface area contributed by atoms with Crippen LogP contribution in [0.5, 0.6) is 0 Å². The molecule has 0 aliphatic heterocycles. The van der Waals surface area contributed by atoms with Crippen LogP contribution in [0.2, 0.25) is 0 Å². The summed E-state index contributed by atoms with van der Waals surface area (Å²) in [5.41, 5.74) is 0. The van der Waals surface area contributed by atoms with Crippen molar-refractivity contribution < 1.29 is 23.8 Å². The minimum Gasteiger partial charge on any atom is -0.464 e. The standard InChI is InChI=1S/C14H27NO5/c1-5-6-7-19-13(16)12(10-11(2)3)15-14(17)20-9-8-18-4/h11-12H,5-10H2,1-4H3,(H,15,17). The molecule has 0 aromatic carbocycles. The molecule has 0 rings (SSSR count). The highest BCUT2D eigenvalue weighted by atomic mass is 16.6. The molecule has 6 nitrogen and oxygen atoms in total. The van der Waals surface area contributed by atoms with Crippen molar-refractivity contribution in [2.75, 3.05) is 26.9 Å². The molecule has 0 saturated heterocycles. The van der Waals surface area contributed by atoms with E-state index < -0.39 is 18.1 Å². The van der Waals surface area contributed by atoms with E-state index in [2.05, 4.69) is 5.32 Å². The Bertz CT molecular complexity index is 281. The number of carbonyl (C=O) groups excluding carboxylic acids is 2. The van der Waals surface area contributed by atoms with E-state index in [1.165, 1.54) is 7.11 Å². The molecule has 1 atom stereocenters. The van der Waals surface area contributed by atoms with Gasteiger partial charge in [0.05, 0.1) is 13.2 Å². The van der Waals surface area contributed by atoms with Gasteiger partial charge in [-0.1, -0.05) is 27.2 Å². The van der Waals surface area contributed by atoms with Crippen molar-refractivity contribution in [1.29, 1.82) is 0 Å². The summed E-state index contributed by atoms with van der Waals surface area (Å²) in [7, 11) is 1.52. The number of hydrogen-bond acceptors (Lipinski definition) is 5. The van der Waals surface area contributed by atoms with E-state index in [0.29, 0.717) is 19.6 Å². The molecule has 118 valence electrons. The maximum absolute atomic E-state index is 11.9. The van der Waals surface area contributed by atoms with Crippen LogP contribution in [0.15, 0.2) is 0 Å². The van der Waals surface area contributed by atoms with Crippen LogP contribution in [0.4, 0.5) is 4.79 Å². The molecule has 6 heteroatoms.